The minimum absolute atomic E-state index is 0.290. The molecule has 6 N–H and O–H groups in total. The number of carboxylic acid groups (broad SMARTS) is 6. The minimum Gasteiger partial charge on any atom is -0.478 e. The van der Waals surface area contributed by atoms with Gasteiger partial charge in [0.25, 0.3) is 0 Å². The summed E-state index contributed by atoms with van der Waals surface area (Å²) in [6.07, 6.45) is 3.69. The zero-order chi connectivity index (χ0) is 53.4. The fourth-order valence-corrected chi connectivity index (χ4v) is 2.50. The number of hydrogen-bond acceptors (Lipinski definition) is 22. The summed E-state index contributed by atoms with van der Waals surface area (Å²) in [5, 5.41) is 45.2. The Hall–Kier alpha value is -8.20. The average molecular weight is 961 g/mol. The largest absolute Gasteiger partial charge is 0.478 e. The lowest BCUT2D eigenvalue weighted by molar-refractivity contribution is -0.159. The van der Waals surface area contributed by atoms with Crippen molar-refractivity contribution < 1.29 is 136 Å². The summed E-state index contributed by atoms with van der Waals surface area (Å²) in [5.41, 5.74) is 0.619. The molecule has 0 saturated heterocycles. The van der Waals surface area contributed by atoms with Crippen LogP contribution in [0.4, 0.5) is 0 Å². The number of hydrogen-bond donors (Lipinski definition) is 6. The van der Waals surface area contributed by atoms with Crippen LogP contribution in [0.15, 0.2) is 35.5 Å². The van der Waals surface area contributed by atoms with E-state index in [1.165, 1.54) is 28.4 Å². The monoisotopic (exact) mass is 960 g/mol. The molecule has 0 amide bonds. The third-order valence-electron chi connectivity index (χ3n) is 5.18. The number of methoxy groups -OCH3 is 4. The van der Waals surface area contributed by atoms with Crippen LogP contribution in [0.5, 0.6) is 0 Å². The highest BCUT2D eigenvalue weighted by Crippen LogP contribution is 2.03. The molecule has 0 aromatic heterocycles. The van der Waals surface area contributed by atoms with Crippen LogP contribution < -0.4 is 0 Å². The number of aliphatic carboxylic acids is 6. The SMILES string of the molecule is CC/C(=C/C(=O)OC)C(=O)OC.CC/C(=C/C(=O)OC)C(=O)OC.CCOC(=O)CC(=O)OCC.CCOC(=O)CC(=O)OCC.O=C(O)/C=C\C(=O)O.O=C(O)C(=O)O.O=C(O)C(=O)O. The van der Waals surface area contributed by atoms with E-state index in [0.717, 1.165) is 12.2 Å². The normalized spacial score (nSPS) is 9.36. The molecule has 0 aliphatic rings. The molecule has 0 rings (SSSR count). The first-order valence-electron chi connectivity index (χ1n) is 18.0. The van der Waals surface area contributed by atoms with E-state index >= 15 is 0 Å². The van der Waals surface area contributed by atoms with Gasteiger partial charge in [0.2, 0.25) is 0 Å². The third-order valence-corrected chi connectivity index (χ3v) is 5.18. The topological polar surface area (TPSA) is 434 Å². The van der Waals surface area contributed by atoms with Crippen molar-refractivity contribution in [2.45, 2.75) is 67.2 Å². The Labute approximate surface area is 376 Å². The van der Waals surface area contributed by atoms with E-state index in [1.54, 1.807) is 41.5 Å². The molecule has 0 aliphatic carbocycles. The Bertz CT molecular complexity index is 1490. The summed E-state index contributed by atoms with van der Waals surface area (Å²) in [4.78, 5) is 141. The maximum atomic E-state index is 10.9. The smallest absolute Gasteiger partial charge is 0.414 e. The second-order valence-electron chi connectivity index (χ2n) is 9.88. The van der Waals surface area contributed by atoms with Crippen molar-refractivity contribution in [3.8, 4) is 0 Å². The molecular formula is C38H56O28. The molecule has 28 heteroatoms. The second-order valence-corrected chi connectivity index (χ2v) is 9.88. The number of ether oxygens (including phenoxy) is 8. The summed E-state index contributed by atoms with van der Waals surface area (Å²) in [7, 11) is 5.04. The summed E-state index contributed by atoms with van der Waals surface area (Å²) >= 11 is 0. The van der Waals surface area contributed by atoms with Gasteiger partial charge in [0.15, 0.2) is 0 Å². The van der Waals surface area contributed by atoms with Crippen molar-refractivity contribution >= 4 is 83.6 Å². The lowest BCUT2D eigenvalue weighted by Gasteiger charge is -2.00. The molecule has 66 heavy (non-hydrogen) atoms. The van der Waals surface area contributed by atoms with Crippen LogP contribution in [0.25, 0.3) is 0 Å². The van der Waals surface area contributed by atoms with Crippen LogP contribution >= 0.6 is 0 Å². The fourth-order valence-electron chi connectivity index (χ4n) is 2.50. The standard InChI is InChI=1S/2C8H12O4.2C7H12O4.C4H4O4.2C2H2O4/c2*1-4-6(8(10)12-3)5-7(9)11-2;2*1-3-10-6(8)5-7(9)11-4-2;5-3(6)1-2-4(7)8;2*3-1(4)2(5)6/h2*5H,4H2,1-3H3;2*3-5H2,1-2H3;1-2H,(H,5,6)(H,7,8);2*(H,3,4)(H,5,6)/b2*6-5-;;;2-1-;;. The van der Waals surface area contributed by atoms with E-state index < -0.39 is 83.6 Å². The van der Waals surface area contributed by atoms with E-state index in [9.17, 15) is 47.9 Å². The summed E-state index contributed by atoms with van der Waals surface area (Å²) < 4.78 is 35.7. The van der Waals surface area contributed by atoms with Crippen molar-refractivity contribution in [3.05, 3.63) is 35.5 Å². The molecule has 28 nitrogen and oxygen atoms in total. The van der Waals surface area contributed by atoms with E-state index in [0.29, 0.717) is 36.1 Å². The number of carbonyl (C=O) groups excluding carboxylic acids is 8. The maximum absolute atomic E-state index is 10.9. The van der Waals surface area contributed by atoms with Gasteiger partial charge >= 0.3 is 83.6 Å². The van der Waals surface area contributed by atoms with Crippen molar-refractivity contribution in [1.29, 1.82) is 0 Å². The molecule has 0 unspecified atom stereocenters. The lowest BCUT2D eigenvalue weighted by Crippen LogP contribution is -2.13. The average Bonchev–Trinajstić information content (AvgIpc) is 3.24. The summed E-state index contributed by atoms with van der Waals surface area (Å²) in [6, 6.07) is 0. The van der Waals surface area contributed by atoms with Crippen molar-refractivity contribution in [2.75, 3.05) is 54.9 Å². The first-order valence-corrected chi connectivity index (χ1v) is 18.0. The van der Waals surface area contributed by atoms with Gasteiger partial charge < -0.3 is 68.5 Å². The van der Waals surface area contributed by atoms with Crippen LogP contribution in [0, 0.1) is 0 Å². The van der Waals surface area contributed by atoms with Gasteiger partial charge in [-0.2, -0.15) is 0 Å². The molecular weight excluding hydrogens is 904 g/mol. The Kier molecular flexibility index (Phi) is 54.1. The van der Waals surface area contributed by atoms with Gasteiger partial charge in [-0.05, 0) is 40.5 Å². The molecule has 0 fully saturated rings. The van der Waals surface area contributed by atoms with E-state index in [-0.39, 0.29) is 39.3 Å². The highest BCUT2D eigenvalue weighted by Gasteiger charge is 2.12. The second kappa shape index (κ2) is 49.5. The predicted octanol–water partition coefficient (Wildman–Crippen LogP) is 0.366. The Morgan fingerprint density at radius 2 is 0.576 bits per heavy atom. The number of carboxylic acids is 6. The van der Waals surface area contributed by atoms with Gasteiger partial charge in [-0.25, -0.2) is 47.9 Å². The molecule has 0 atom stereocenters. The van der Waals surface area contributed by atoms with Gasteiger partial charge in [-0.15, -0.1) is 0 Å². The molecule has 0 heterocycles. The molecule has 0 aliphatic heterocycles. The molecule has 0 saturated carbocycles. The van der Waals surface area contributed by atoms with Crippen LogP contribution in [0.1, 0.15) is 67.2 Å². The van der Waals surface area contributed by atoms with Crippen molar-refractivity contribution in [2.24, 2.45) is 0 Å². The molecule has 0 bridgehead atoms. The molecule has 0 aromatic carbocycles. The lowest BCUT2D eigenvalue weighted by atomic mass is 10.2. The van der Waals surface area contributed by atoms with Crippen LogP contribution in [-0.2, 0) is 105 Å². The van der Waals surface area contributed by atoms with E-state index in [1.807, 2.05) is 0 Å². The van der Waals surface area contributed by atoms with Crippen LogP contribution in [-0.4, -0.2) is 169 Å². The van der Waals surface area contributed by atoms with Crippen molar-refractivity contribution in [1.82, 2.24) is 0 Å². The van der Waals surface area contributed by atoms with Gasteiger partial charge in [0.1, 0.15) is 12.8 Å². The first kappa shape index (κ1) is 72.3. The number of carbonyl (C=O) groups is 14. The highest BCUT2D eigenvalue weighted by atomic mass is 16.6. The fraction of sp³-hybridized carbons (Fsp3) is 0.474. The highest BCUT2D eigenvalue weighted by molar-refractivity contribution is 6.27. The number of rotatable bonds is 16. The van der Waals surface area contributed by atoms with E-state index in [2.05, 4.69) is 37.9 Å². The van der Waals surface area contributed by atoms with Crippen LogP contribution in [0.2, 0.25) is 0 Å². The van der Waals surface area contributed by atoms with Crippen LogP contribution in [0.3, 0.4) is 0 Å². The first-order chi connectivity index (χ1) is 30.6. The summed E-state index contributed by atoms with van der Waals surface area (Å²) in [6.45, 7) is 11.4. The maximum Gasteiger partial charge on any atom is 0.414 e. The van der Waals surface area contributed by atoms with E-state index in [4.69, 9.17) is 49.8 Å². The molecule has 376 valence electrons. The molecule has 0 radical (unpaired) electrons. The van der Waals surface area contributed by atoms with Gasteiger partial charge in [0, 0.05) is 35.5 Å². The Balaban J connectivity index is -0.000000125. The molecule has 0 aromatic rings. The van der Waals surface area contributed by atoms with Gasteiger partial charge in [-0.1, -0.05) is 13.8 Å². The Morgan fingerprint density at radius 3 is 0.697 bits per heavy atom. The Morgan fingerprint density at radius 1 is 0.364 bits per heavy atom. The van der Waals surface area contributed by atoms with Gasteiger partial charge in [-0.3, -0.25) is 19.2 Å². The number of esters is 8. The summed E-state index contributed by atoms with van der Waals surface area (Å²) in [5.74, 6) is -14.0. The minimum atomic E-state index is -1.82. The predicted molar refractivity (Wildman–Crippen MR) is 216 cm³/mol. The van der Waals surface area contributed by atoms with Gasteiger partial charge in [0.05, 0.1) is 54.9 Å². The quantitative estimate of drug-likeness (QED) is 0.0400. The zero-order valence-corrected chi connectivity index (χ0v) is 37.6. The van der Waals surface area contributed by atoms with Crippen molar-refractivity contribution in [3.63, 3.8) is 0 Å². The zero-order valence-electron chi connectivity index (χ0n) is 37.6. The third kappa shape index (κ3) is 60.1. The molecule has 0 spiro atoms.